The molecular weight excluding hydrogens is 395 g/mol. The Bertz CT molecular complexity index is 679. The predicted molar refractivity (Wildman–Crippen MR) is 119 cm³/mol. The summed E-state index contributed by atoms with van der Waals surface area (Å²) in [7, 11) is 0. The van der Waals surface area contributed by atoms with Crippen molar-refractivity contribution in [1.82, 2.24) is 15.1 Å². The zero-order chi connectivity index (χ0) is 18.2. The molecule has 7 heteroatoms. The average Bonchev–Trinajstić information content (AvgIpc) is 2.69. The number of hydrogen-bond donors (Lipinski definition) is 2. The maximum absolute atomic E-state index is 12.2. The van der Waals surface area contributed by atoms with E-state index < -0.39 is 0 Å². The van der Waals surface area contributed by atoms with E-state index in [0.717, 1.165) is 38.3 Å². The lowest BCUT2D eigenvalue weighted by Crippen LogP contribution is -2.49. The zero-order valence-corrected chi connectivity index (χ0v) is 17.6. The van der Waals surface area contributed by atoms with Gasteiger partial charge in [0.2, 0.25) is 5.91 Å². The third kappa shape index (κ3) is 7.78. The van der Waals surface area contributed by atoms with Gasteiger partial charge in [0.15, 0.2) is 0 Å². The summed E-state index contributed by atoms with van der Waals surface area (Å²) in [6.07, 6.45) is 0. The first-order valence-corrected chi connectivity index (χ1v) is 9.26. The van der Waals surface area contributed by atoms with Gasteiger partial charge in [0.1, 0.15) is 0 Å². The Balaban J connectivity index is 0.00000196. The van der Waals surface area contributed by atoms with Gasteiger partial charge in [-0.2, -0.15) is 0 Å². The van der Waals surface area contributed by atoms with E-state index in [1.807, 2.05) is 36.4 Å². The van der Waals surface area contributed by atoms with Crippen molar-refractivity contribution in [2.24, 2.45) is 5.73 Å². The Labute approximate surface area is 180 Å². The highest BCUT2D eigenvalue weighted by Gasteiger charge is 2.19. The van der Waals surface area contributed by atoms with Gasteiger partial charge in [0, 0.05) is 45.3 Å². The number of carbonyl (C=O) groups excluding carboxylic acids is 1. The number of piperazine rings is 1. The molecule has 2 aromatic rings. The first-order chi connectivity index (χ1) is 12.7. The topological polar surface area (TPSA) is 61.6 Å². The van der Waals surface area contributed by atoms with Gasteiger partial charge in [0.05, 0.1) is 6.54 Å². The van der Waals surface area contributed by atoms with Gasteiger partial charge in [-0.05, 0) is 11.1 Å². The van der Waals surface area contributed by atoms with Gasteiger partial charge in [-0.1, -0.05) is 60.7 Å². The van der Waals surface area contributed by atoms with Gasteiger partial charge < -0.3 is 11.1 Å². The molecule has 1 amide bonds. The highest BCUT2D eigenvalue weighted by Crippen LogP contribution is 2.09. The minimum atomic E-state index is -0.164. The van der Waals surface area contributed by atoms with Gasteiger partial charge in [0.25, 0.3) is 0 Å². The van der Waals surface area contributed by atoms with E-state index in [4.69, 9.17) is 5.73 Å². The van der Waals surface area contributed by atoms with Crippen molar-refractivity contribution in [3.8, 4) is 0 Å². The molecule has 1 atom stereocenters. The number of nitrogens with one attached hydrogen (secondary N) is 1. The molecule has 0 radical (unpaired) electrons. The predicted octanol–water partition coefficient (Wildman–Crippen LogP) is 2.46. The summed E-state index contributed by atoms with van der Waals surface area (Å²) in [6.45, 7) is 5.72. The minimum Gasteiger partial charge on any atom is -0.353 e. The number of halogens is 2. The molecule has 0 spiro atoms. The SMILES string of the molecule is Cl.Cl.NC(CNC(=O)CN1CCN(Cc2ccccc2)CC1)c1ccccc1. The van der Waals surface area contributed by atoms with Crippen molar-refractivity contribution in [2.45, 2.75) is 12.6 Å². The van der Waals surface area contributed by atoms with E-state index >= 15 is 0 Å². The van der Waals surface area contributed by atoms with Crippen LogP contribution in [0.1, 0.15) is 17.2 Å². The van der Waals surface area contributed by atoms with E-state index in [2.05, 4.69) is 39.4 Å². The fourth-order valence-electron chi connectivity index (χ4n) is 3.25. The average molecular weight is 425 g/mol. The molecule has 28 heavy (non-hydrogen) atoms. The van der Waals surface area contributed by atoms with Crippen LogP contribution in [-0.4, -0.2) is 55.0 Å². The van der Waals surface area contributed by atoms with Crippen LogP contribution in [0.5, 0.6) is 0 Å². The van der Waals surface area contributed by atoms with Crippen molar-refractivity contribution < 1.29 is 4.79 Å². The lowest BCUT2D eigenvalue weighted by atomic mass is 10.1. The Morgan fingerprint density at radius 1 is 0.893 bits per heavy atom. The van der Waals surface area contributed by atoms with Gasteiger partial charge >= 0.3 is 0 Å². The summed E-state index contributed by atoms with van der Waals surface area (Å²) in [6, 6.07) is 20.2. The number of nitrogens with two attached hydrogens (primary N) is 1. The van der Waals surface area contributed by atoms with Crippen LogP contribution in [0.3, 0.4) is 0 Å². The number of rotatable bonds is 7. The van der Waals surface area contributed by atoms with E-state index in [1.165, 1.54) is 5.56 Å². The zero-order valence-electron chi connectivity index (χ0n) is 16.0. The van der Waals surface area contributed by atoms with Crippen LogP contribution in [0.25, 0.3) is 0 Å². The quantitative estimate of drug-likeness (QED) is 0.716. The Morgan fingerprint density at radius 2 is 1.43 bits per heavy atom. The molecule has 1 aliphatic heterocycles. The molecule has 3 rings (SSSR count). The molecule has 1 fully saturated rings. The maximum Gasteiger partial charge on any atom is 0.234 e. The Morgan fingerprint density at radius 3 is 2.04 bits per heavy atom. The molecule has 0 saturated carbocycles. The molecule has 1 heterocycles. The minimum absolute atomic E-state index is 0. The third-order valence-corrected chi connectivity index (χ3v) is 4.83. The summed E-state index contributed by atoms with van der Waals surface area (Å²) in [5, 5.41) is 2.96. The summed E-state index contributed by atoms with van der Waals surface area (Å²) < 4.78 is 0. The molecule has 2 aromatic carbocycles. The standard InChI is InChI=1S/C21H28N4O.2ClH/c22-20(19-9-5-2-6-10-19)15-23-21(26)17-25-13-11-24(12-14-25)16-18-7-3-1-4-8-18;;/h1-10,20H,11-17,22H2,(H,23,26);2*1H. The van der Waals surface area contributed by atoms with Crippen LogP contribution >= 0.6 is 24.8 Å². The van der Waals surface area contributed by atoms with E-state index in [-0.39, 0.29) is 36.8 Å². The third-order valence-electron chi connectivity index (χ3n) is 4.83. The number of hydrogen-bond acceptors (Lipinski definition) is 4. The second-order valence-electron chi connectivity index (χ2n) is 6.86. The Kier molecular flexibility index (Phi) is 11.1. The largest absolute Gasteiger partial charge is 0.353 e. The number of amides is 1. The van der Waals surface area contributed by atoms with Crippen LogP contribution in [0.15, 0.2) is 60.7 Å². The van der Waals surface area contributed by atoms with Crippen LogP contribution in [0, 0.1) is 0 Å². The summed E-state index contributed by atoms with van der Waals surface area (Å²) in [5.74, 6) is 0.0490. The maximum atomic E-state index is 12.2. The summed E-state index contributed by atoms with van der Waals surface area (Å²) in [5.41, 5.74) is 8.52. The molecule has 5 nitrogen and oxygen atoms in total. The molecule has 0 aliphatic carbocycles. The highest BCUT2D eigenvalue weighted by molar-refractivity contribution is 5.85. The van der Waals surface area contributed by atoms with E-state index in [9.17, 15) is 4.79 Å². The second-order valence-corrected chi connectivity index (χ2v) is 6.86. The normalized spacial score (nSPS) is 15.8. The number of benzene rings is 2. The molecule has 0 aromatic heterocycles. The first-order valence-electron chi connectivity index (χ1n) is 9.26. The van der Waals surface area contributed by atoms with Crippen LogP contribution in [0.4, 0.5) is 0 Å². The highest BCUT2D eigenvalue weighted by atomic mass is 35.5. The van der Waals surface area contributed by atoms with Crippen LogP contribution in [-0.2, 0) is 11.3 Å². The second kappa shape index (κ2) is 12.8. The van der Waals surface area contributed by atoms with E-state index in [0.29, 0.717) is 13.1 Å². The smallest absolute Gasteiger partial charge is 0.234 e. The van der Waals surface area contributed by atoms with Gasteiger partial charge in [-0.15, -0.1) is 24.8 Å². The van der Waals surface area contributed by atoms with Crippen molar-refractivity contribution in [3.05, 3.63) is 71.8 Å². The molecule has 3 N–H and O–H groups in total. The fourth-order valence-corrected chi connectivity index (χ4v) is 3.25. The lowest BCUT2D eigenvalue weighted by Gasteiger charge is -2.34. The molecule has 154 valence electrons. The summed E-state index contributed by atoms with van der Waals surface area (Å²) >= 11 is 0. The van der Waals surface area contributed by atoms with Crippen molar-refractivity contribution in [1.29, 1.82) is 0 Å². The lowest BCUT2D eigenvalue weighted by molar-refractivity contribution is -0.122. The number of nitrogens with zero attached hydrogens (tertiary/aromatic N) is 2. The first kappa shape index (κ1) is 24.4. The fraction of sp³-hybridized carbons (Fsp3) is 0.381. The van der Waals surface area contributed by atoms with E-state index in [1.54, 1.807) is 0 Å². The van der Waals surface area contributed by atoms with Crippen molar-refractivity contribution in [2.75, 3.05) is 39.3 Å². The van der Waals surface area contributed by atoms with Gasteiger partial charge in [-0.25, -0.2) is 0 Å². The van der Waals surface area contributed by atoms with Crippen molar-refractivity contribution in [3.63, 3.8) is 0 Å². The number of carbonyl (C=O) groups is 1. The van der Waals surface area contributed by atoms with Crippen LogP contribution < -0.4 is 11.1 Å². The van der Waals surface area contributed by atoms with Crippen LogP contribution in [0.2, 0.25) is 0 Å². The monoisotopic (exact) mass is 424 g/mol. The molecule has 0 bridgehead atoms. The summed E-state index contributed by atoms with van der Waals surface area (Å²) in [4.78, 5) is 16.9. The molecule has 1 aliphatic rings. The Hall–Kier alpha value is -1.63. The molecule has 1 saturated heterocycles. The molecular formula is C21H30Cl2N4O. The van der Waals surface area contributed by atoms with Gasteiger partial charge in [-0.3, -0.25) is 14.6 Å². The van der Waals surface area contributed by atoms with Crippen molar-refractivity contribution >= 4 is 30.7 Å². The molecule has 1 unspecified atom stereocenters.